The molecule has 0 aliphatic heterocycles. The van der Waals surface area contributed by atoms with Crippen LogP contribution in [0, 0.1) is 0 Å². The summed E-state index contributed by atoms with van der Waals surface area (Å²) < 4.78 is 6.10. The molecule has 0 fully saturated rings. The summed E-state index contributed by atoms with van der Waals surface area (Å²) in [6.07, 6.45) is 21.9. The Morgan fingerprint density at radius 3 is 1.64 bits per heavy atom. The van der Waals surface area contributed by atoms with E-state index in [-0.39, 0.29) is 12.8 Å². The van der Waals surface area contributed by atoms with Gasteiger partial charge in [0.25, 0.3) is 0 Å². The Bertz CT molecular complexity index is 700. The quantitative estimate of drug-likeness (QED) is 0.130. The minimum absolute atomic E-state index is 0.276. The largest absolute Gasteiger partial charge is 0.494 e. The molecule has 0 amide bonds. The lowest BCUT2D eigenvalue weighted by Gasteiger charge is -2.13. The number of aryl methyl sites for hydroxylation is 2. The van der Waals surface area contributed by atoms with Gasteiger partial charge in [0.2, 0.25) is 0 Å². The fraction of sp³-hybridized carbons (Fsp3) is 0.742. The molecule has 1 rings (SSSR count). The maximum Gasteiger partial charge on any atom is 0.303 e. The molecule has 0 unspecified atom stereocenters. The van der Waals surface area contributed by atoms with Crippen LogP contribution < -0.4 is 4.74 Å². The van der Waals surface area contributed by atoms with Gasteiger partial charge in [-0.15, -0.1) is 0 Å². The van der Waals surface area contributed by atoms with E-state index in [9.17, 15) is 9.59 Å². The summed E-state index contributed by atoms with van der Waals surface area (Å²) in [4.78, 5) is 21.3. The van der Waals surface area contributed by atoms with Gasteiger partial charge in [-0.1, -0.05) is 90.0 Å². The van der Waals surface area contributed by atoms with Gasteiger partial charge in [-0.2, -0.15) is 0 Å². The van der Waals surface area contributed by atoms with Crippen molar-refractivity contribution in [2.24, 2.45) is 0 Å². The van der Waals surface area contributed by atoms with Crippen molar-refractivity contribution in [1.29, 1.82) is 0 Å². The normalized spacial score (nSPS) is 11.0. The first-order valence-electron chi connectivity index (χ1n) is 14.7. The number of hydrogen-bond donors (Lipinski definition) is 2. The highest BCUT2D eigenvalue weighted by Gasteiger charge is 2.07. The number of benzene rings is 1. The number of carboxylic acid groups (broad SMARTS) is 2. The van der Waals surface area contributed by atoms with Gasteiger partial charge in [-0.3, -0.25) is 9.59 Å². The molecule has 0 spiro atoms. The highest BCUT2D eigenvalue weighted by Crippen LogP contribution is 2.23. The maximum atomic E-state index is 10.7. The molecule has 0 heterocycles. The fourth-order valence-corrected chi connectivity index (χ4v) is 4.66. The van der Waals surface area contributed by atoms with E-state index in [2.05, 4.69) is 25.1 Å². The van der Waals surface area contributed by atoms with E-state index in [0.29, 0.717) is 0 Å². The number of ether oxygens (including phenoxy) is 1. The first kappa shape index (κ1) is 32.0. The van der Waals surface area contributed by atoms with E-state index in [0.717, 1.165) is 95.8 Å². The monoisotopic (exact) mass is 504 g/mol. The molecule has 0 saturated carbocycles. The Kier molecular flexibility index (Phi) is 19.7. The van der Waals surface area contributed by atoms with Crippen molar-refractivity contribution in [2.75, 3.05) is 6.61 Å². The second-order valence-corrected chi connectivity index (χ2v) is 10.2. The third-order valence-electron chi connectivity index (χ3n) is 6.87. The van der Waals surface area contributed by atoms with E-state index in [4.69, 9.17) is 14.9 Å². The van der Waals surface area contributed by atoms with Crippen LogP contribution in [-0.4, -0.2) is 28.8 Å². The lowest BCUT2D eigenvalue weighted by molar-refractivity contribution is -0.138. The second kappa shape index (κ2) is 22.2. The zero-order valence-electron chi connectivity index (χ0n) is 22.9. The van der Waals surface area contributed by atoms with Crippen molar-refractivity contribution >= 4 is 11.9 Å². The van der Waals surface area contributed by atoms with Crippen LogP contribution in [0.4, 0.5) is 0 Å². The van der Waals surface area contributed by atoms with Crippen LogP contribution in [0.1, 0.15) is 140 Å². The van der Waals surface area contributed by atoms with Crippen molar-refractivity contribution < 1.29 is 24.5 Å². The maximum absolute atomic E-state index is 10.7. The predicted molar refractivity (Wildman–Crippen MR) is 148 cm³/mol. The van der Waals surface area contributed by atoms with Crippen molar-refractivity contribution in [3.8, 4) is 5.75 Å². The fourth-order valence-electron chi connectivity index (χ4n) is 4.66. The molecule has 0 aliphatic rings. The SMILES string of the molecule is CCCCCCCCCOc1ccc(CCCCCCCC(=O)O)c(CCCCCCCC(=O)O)c1. The minimum atomic E-state index is -0.699. The zero-order valence-corrected chi connectivity index (χ0v) is 22.9. The zero-order chi connectivity index (χ0) is 26.3. The smallest absolute Gasteiger partial charge is 0.303 e. The first-order chi connectivity index (χ1) is 17.5. The summed E-state index contributed by atoms with van der Waals surface area (Å²) in [5.74, 6) is -0.416. The Labute approximate surface area is 220 Å². The number of carbonyl (C=O) groups is 2. The molecule has 5 nitrogen and oxygen atoms in total. The summed E-state index contributed by atoms with van der Waals surface area (Å²) in [6, 6.07) is 6.61. The Balaban J connectivity index is 2.44. The van der Waals surface area contributed by atoms with Crippen LogP contribution in [0.25, 0.3) is 0 Å². The average molecular weight is 505 g/mol. The number of rotatable bonds is 25. The van der Waals surface area contributed by atoms with Gasteiger partial charge in [0.05, 0.1) is 6.61 Å². The summed E-state index contributed by atoms with van der Waals surface area (Å²) in [5.41, 5.74) is 2.80. The molecule has 206 valence electrons. The predicted octanol–water partition coefficient (Wildman–Crippen LogP) is 8.75. The van der Waals surface area contributed by atoms with Crippen molar-refractivity contribution in [3.05, 3.63) is 29.3 Å². The third-order valence-corrected chi connectivity index (χ3v) is 6.87. The summed E-state index contributed by atoms with van der Waals surface area (Å²) in [5, 5.41) is 17.5. The van der Waals surface area contributed by atoms with Gasteiger partial charge in [-0.25, -0.2) is 0 Å². The highest BCUT2D eigenvalue weighted by atomic mass is 16.5. The van der Waals surface area contributed by atoms with E-state index in [1.807, 2.05) is 0 Å². The molecule has 0 atom stereocenters. The Morgan fingerprint density at radius 1 is 0.611 bits per heavy atom. The summed E-state index contributed by atoms with van der Waals surface area (Å²) >= 11 is 0. The molecule has 1 aromatic carbocycles. The van der Waals surface area contributed by atoms with Gasteiger partial charge in [0.15, 0.2) is 0 Å². The topological polar surface area (TPSA) is 83.8 Å². The molecule has 0 radical (unpaired) electrons. The van der Waals surface area contributed by atoms with E-state index in [1.165, 1.54) is 49.7 Å². The summed E-state index contributed by atoms with van der Waals surface area (Å²) in [6.45, 7) is 3.04. The molecule has 0 aliphatic carbocycles. The number of carboxylic acids is 2. The first-order valence-corrected chi connectivity index (χ1v) is 14.7. The van der Waals surface area contributed by atoms with Crippen LogP contribution in [0.5, 0.6) is 5.75 Å². The molecular weight excluding hydrogens is 452 g/mol. The van der Waals surface area contributed by atoms with E-state index < -0.39 is 11.9 Å². The molecular formula is C31H52O5. The lowest BCUT2D eigenvalue weighted by atomic mass is 9.96. The van der Waals surface area contributed by atoms with Crippen LogP contribution in [0.15, 0.2) is 18.2 Å². The number of unbranched alkanes of at least 4 members (excludes halogenated alkanes) is 14. The van der Waals surface area contributed by atoms with Crippen molar-refractivity contribution in [2.45, 2.75) is 142 Å². The molecule has 36 heavy (non-hydrogen) atoms. The lowest BCUT2D eigenvalue weighted by Crippen LogP contribution is -2.01. The molecule has 5 heteroatoms. The number of aliphatic carboxylic acids is 2. The standard InChI is InChI=1S/C31H52O5/c1-2-3-4-5-6-13-18-25-36-29-24-23-27(19-14-9-7-11-16-21-30(32)33)28(26-29)20-15-10-8-12-17-22-31(34)35/h23-24,26H,2-22,25H2,1H3,(H,32,33)(H,34,35). The Morgan fingerprint density at radius 2 is 1.08 bits per heavy atom. The number of hydrogen-bond acceptors (Lipinski definition) is 3. The minimum Gasteiger partial charge on any atom is -0.494 e. The van der Waals surface area contributed by atoms with Crippen molar-refractivity contribution in [3.63, 3.8) is 0 Å². The second-order valence-electron chi connectivity index (χ2n) is 10.2. The van der Waals surface area contributed by atoms with Crippen LogP contribution in [0.2, 0.25) is 0 Å². The molecule has 2 N–H and O–H groups in total. The van der Waals surface area contributed by atoms with Gasteiger partial charge in [0, 0.05) is 12.8 Å². The van der Waals surface area contributed by atoms with E-state index in [1.54, 1.807) is 0 Å². The van der Waals surface area contributed by atoms with Gasteiger partial charge < -0.3 is 14.9 Å². The highest BCUT2D eigenvalue weighted by molar-refractivity contribution is 5.66. The van der Waals surface area contributed by atoms with Crippen LogP contribution >= 0.6 is 0 Å². The Hall–Kier alpha value is -2.04. The van der Waals surface area contributed by atoms with Crippen LogP contribution in [-0.2, 0) is 22.4 Å². The van der Waals surface area contributed by atoms with Crippen LogP contribution in [0.3, 0.4) is 0 Å². The molecule has 0 saturated heterocycles. The van der Waals surface area contributed by atoms with Gasteiger partial charge >= 0.3 is 11.9 Å². The molecule has 0 aromatic heterocycles. The van der Waals surface area contributed by atoms with E-state index >= 15 is 0 Å². The molecule has 0 bridgehead atoms. The summed E-state index contributed by atoms with van der Waals surface area (Å²) in [7, 11) is 0. The van der Waals surface area contributed by atoms with Gasteiger partial charge in [0.1, 0.15) is 5.75 Å². The third kappa shape index (κ3) is 18.3. The average Bonchev–Trinajstić information content (AvgIpc) is 2.85. The molecule has 1 aromatic rings. The van der Waals surface area contributed by atoms with Gasteiger partial charge in [-0.05, 0) is 68.2 Å². The van der Waals surface area contributed by atoms with Crippen molar-refractivity contribution in [1.82, 2.24) is 0 Å².